The van der Waals surface area contributed by atoms with E-state index >= 15 is 0 Å². The van der Waals surface area contributed by atoms with Crippen LogP contribution < -0.4 is 0 Å². The van der Waals surface area contributed by atoms with Gasteiger partial charge in [0.15, 0.2) is 0 Å². The number of nitrogens with zero attached hydrogens (tertiary/aromatic N) is 1. The Balaban J connectivity index is 1.87. The normalized spacial score (nSPS) is 26.5. The summed E-state index contributed by atoms with van der Waals surface area (Å²) in [4.78, 5) is 11.4. The van der Waals surface area contributed by atoms with E-state index in [0.29, 0.717) is 32.5 Å². The molecule has 0 bridgehead atoms. The van der Waals surface area contributed by atoms with Gasteiger partial charge in [0.25, 0.3) is 0 Å². The quantitative estimate of drug-likeness (QED) is 0.700. The molecule has 0 aromatic heterocycles. The van der Waals surface area contributed by atoms with Gasteiger partial charge in [0.05, 0.1) is 24.9 Å². The van der Waals surface area contributed by atoms with Gasteiger partial charge < -0.3 is 9.47 Å². The maximum Gasteiger partial charge on any atom is 0.308 e. The summed E-state index contributed by atoms with van der Waals surface area (Å²) in [7, 11) is -1.90. The molecule has 1 atom stereocenters. The molecule has 0 saturated carbocycles. The molecule has 2 saturated heterocycles. The van der Waals surface area contributed by atoms with Gasteiger partial charge in [0, 0.05) is 19.7 Å². The molecule has 0 aromatic carbocycles. The summed E-state index contributed by atoms with van der Waals surface area (Å²) in [5, 5.41) is 0. The smallest absolute Gasteiger partial charge is 0.308 e. The zero-order valence-corrected chi connectivity index (χ0v) is 12.0. The topological polar surface area (TPSA) is 72.9 Å². The third kappa shape index (κ3) is 3.67. The SMILES string of the molecule is COC(=O)C1CCN(S(=O)(=O)CC2CCCO2)CC1. The van der Waals surface area contributed by atoms with Crippen molar-refractivity contribution in [1.29, 1.82) is 0 Å². The minimum atomic E-state index is -3.27. The summed E-state index contributed by atoms with van der Waals surface area (Å²) in [5.41, 5.74) is 0. The Labute approximate surface area is 114 Å². The monoisotopic (exact) mass is 291 g/mol. The maximum atomic E-state index is 12.2. The molecule has 2 aliphatic heterocycles. The molecule has 0 radical (unpaired) electrons. The lowest BCUT2D eigenvalue weighted by Crippen LogP contribution is -2.43. The molecule has 0 spiro atoms. The van der Waals surface area contributed by atoms with E-state index in [1.54, 1.807) is 0 Å². The van der Waals surface area contributed by atoms with Crippen molar-refractivity contribution in [2.75, 3.05) is 32.6 Å². The van der Waals surface area contributed by atoms with Crippen molar-refractivity contribution >= 4 is 16.0 Å². The van der Waals surface area contributed by atoms with E-state index in [1.165, 1.54) is 11.4 Å². The lowest BCUT2D eigenvalue weighted by Gasteiger charge is -2.30. The fourth-order valence-corrected chi connectivity index (χ4v) is 4.36. The molecule has 2 aliphatic rings. The highest BCUT2D eigenvalue weighted by Crippen LogP contribution is 2.23. The van der Waals surface area contributed by atoms with Crippen LogP contribution in [-0.2, 0) is 24.3 Å². The fourth-order valence-electron chi connectivity index (χ4n) is 2.65. The predicted octanol–water partition coefficient (Wildman–Crippen LogP) is 0.380. The number of carbonyl (C=O) groups is 1. The fraction of sp³-hybridized carbons (Fsp3) is 0.917. The van der Waals surface area contributed by atoms with Crippen LogP contribution in [0.2, 0.25) is 0 Å². The van der Waals surface area contributed by atoms with Crippen molar-refractivity contribution < 1.29 is 22.7 Å². The molecule has 7 heteroatoms. The van der Waals surface area contributed by atoms with Crippen LogP contribution in [0.4, 0.5) is 0 Å². The molecule has 1 unspecified atom stereocenters. The van der Waals surface area contributed by atoms with Gasteiger partial charge in [0.1, 0.15) is 0 Å². The Bertz CT molecular complexity index is 408. The highest BCUT2D eigenvalue weighted by Gasteiger charge is 2.33. The minimum Gasteiger partial charge on any atom is -0.469 e. The molecule has 6 nitrogen and oxygen atoms in total. The number of piperidine rings is 1. The van der Waals surface area contributed by atoms with Crippen molar-refractivity contribution in [1.82, 2.24) is 4.31 Å². The van der Waals surface area contributed by atoms with E-state index in [2.05, 4.69) is 0 Å². The second-order valence-corrected chi connectivity index (χ2v) is 7.12. The second-order valence-electron chi connectivity index (χ2n) is 5.11. The Hall–Kier alpha value is -0.660. The van der Waals surface area contributed by atoms with E-state index < -0.39 is 10.0 Å². The van der Waals surface area contributed by atoms with Gasteiger partial charge in [0.2, 0.25) is 10.0 Å². The van der Waals surface area contributed by atoms with Crippen LogP contribution in [0.25, 0.3) is 0 Å². The van der Waals surface area contributed by atoms with E-state index in [-0.39, 0.29) is 23.7 Å². The molecular formula is C12H21NO5S. The Morgan fingerprint density at radius 1 is 1.32 bits per heavy atom. The molecule has 0 N–H and O–H groups in total. The maximum absolute atomic E-state index is 12.2. The molecule has 110 valence electrons. The summed E-state index contributed by atoms with van der Waals surface area (Å²) in [6, 6.07) is 0. The number of carbonyl (C=O) groups excluding carboxylic acids is 1. The number of methoxy groups -OCH3 is 1. The highest BCUT2D eigenvalue weighted by molar-refractivity contribution is 7.89. The van der Waals surface area contributed by atoms with Crippen molar-refractivity contribution in [3.8, 4) is 0 Å². The van der Waals surface area contributed by atoms with Gasteiger partial charge in [-0.1, -0.05) is 0 Å². The van der Waals surface area contributed by atoms with Crippen LogP contribution >= 0.6 is 0 Å². The lowest BCUT2D eigenvalue weighted by atomic mass is 9.99. The highest BCUT2D eigenvalue weighted by atomic mass is 32.2. The third-order valence-electron chi connectivity index (χ3n) is 3.80. The molecular weight excluding hydrogens is 270 g/mol. The molecule has 0 aromatic rings. The zero-order chi connectivity index (χ0) is 13.9. The Kier molecular flexibility index (Phi) is 4.81. The number of esters is 1. The molecule has 0 aliphatic carbocycles. The largest absolute Gasteiger partial charge is 0.469 e. The van der Waals surface area contributed by atoms with E-state index in [0.717, 1.165) is 12.8 Å². The molecule has 0 amide bonds. The lowest BCUT2D eigenvalue weighted by molar-refractivity contribution is -0.146. The van der Waals surface area contributed by atoms with Crippen LogP contribution in [0.5, 0.6) is 0 Å². The van der Waals surface area contributed by atoms with Crippen molar-refractivity contribution in [3.63, 3.8) is 0 Å². The van der Waals surface area contributed by atoms with Crippen LogP contribution in [-0.4, -0.2) is 57.4 Å². The summed E-state index contributed by atoms with van der Waals surface area (Å²) in [6.45, 7) is 1.45. The number of rotatable bonds is 4. The van der Waals surface area contributed by atoms with Gasteiger partial charge in [-0.05, 0) is 25.7 Å². The standard InChI is InChI=1S/C12H21NO5S/c1-17-12(14)10-4-6-13(7-5-10)19(15,16)9-11-3-2-8-18-11/h10-11H,2-9H2,1H3. The van der Waals surface area contributed by atoms with Crippen LogP contribution in [0.1, 0.15) is 25.7 Å². The van der Waals surface area contributed by atoms with Crippen molar-refractivity contribution in [3.05, 3.63) is 0 Å². The summed E-state index contributed by atoms with van der Waals surface area (Å²) in [5.74, 6) is -0.342. The molecule has 2 rings (SSSR count). The summed E-state index contributed by atoms with van der Waals surface area (Å²) in [6.07, 6.45) is 2.67. The Morgan fingerprint density at radius 2 is 2.00 bits per heavy atom. The third-order valence-corrected chi connectivity index (χ3v) is 5.75. The van der Waals surface area contributed by atoms with Crippen LogP contribution in [0, 0.1) is 5.92 Å². The second kappa shape index (κ2) is 6.19. The van der Waals surface area contributed by atoms with Gasteiger partial charge in [-0.15, -0.1) is 0 Å². The number of hydrogen-bond acceptors (Lipinski definition) is 5. The number of hydrogen-bond donors (Lipinski definition) is 0. The van der Waals surface area contributed by atoms with E-state index in [9.17, 15) is 13.2 Å². The van der Waals surface area contributed by atoms with Crippen LogP contribution in [0.15, 0.2) is 0 Å². The van der Waals surface area contributed by atoms with E-state index in [4.69, 9.17) is 9.47 Å². The average molecular weight is 291 g/mol. The number of ether oxygens (including phenoxy) is 2. The molecule has 2 heterocycles. The van der Waals surface area contributed by atoms with Gasteiger partial charge in [-0.25, -0.2) is 12.7 Å². The first-order valence-electron chi connectivity index (χ1n) is 6.70. The van der Waals surface area contributed by atoms with Gasteiger partial charge >= 0.3 is 5.97 Å². The predicted molar refractivity (Wildman–Crippen MR) is 69.1 cm³/mol. The summed E-state index contributed by atoms with van der Waals surface area (Å²) < 4.78 is 36.0. The minimum absolute atomic E-state index is 0.0654. The van der Waals surface area contributed by atoms with E-state index in [1.807, 2.05) is 0 Å². The molecule has 2 fully saturated rings. The number of sulfonamides is 1. The van der Waals surface area contributed by atoms with Crippen LogP contribution in [0.3, 0.4) is 0 Å². The first kappa shape index (κ1) is 14.7. The van der Waals surface area contributed by atoms with Crippen molar-refractivity contribution in [2.45, 2.75) is 31.8 Å². The zero-order valence-electron chi connectivity index (χ0n) is 11.2. The molecule has 19 heavy (non-hydrogen) atoms. The average Bonchev–Trinajstić information content (AvgIpc) is 2.90. The first-order valence-corrected chi connectivity index (χ1v) is 8.31. The van der Waals surface area contributed by atoms with Crippen molar-refractivity contribution in [2.24, 2.45) is 5.92 Å². The van der Waals surface area contributed by atoms with Gasteiger partial charge in [-0.2, -0.15) is 0 Å². The van der Waals surface area contributed by atoms with Gasteiger partial charge in [-0.3, -0.25) is 4.79 Å². The first-order chi connectivity index (χ1) is 9.03. The Morgan fingerprint density at radius 3 is 2.53 bits per heavy atom. The summed E-state index contributed by atoms with van der Waals surface area (Å²) >= 11 is 0.